The first-order chi connectivity index (χ1) is 19.2. The fourth-order valence-electron chi connectivity index (χ4n) is 5.43. The lowest BCUT2D eigenvalue weighted by Crippen LogP contribution is -2.30. The predicted molar refractivity (Wildman–Crippen MR) is 152 cm³/mol. The molecule has 40 heavy (non-hydrogen) atoms. The molecular weight excluding hydrogens is 552 g/mol. The summed E-state index contributed by atoms with van der Waals surface area (Å²) in [6, 6.07) is 11.5. The monoisotopic (exact) mass is 580 g/mol. The van der Waals surface area contributed by atoms with Gasteiger partial charge in [0.05, 0.1) is 30.0 Å². The minimum absolute atomic E-state index is 0.110. The molecule has 2 aromatic heterocycles. The van der Waals surface area contributed by atoms with Crippen LogP contribution in [0.2, 0.25) is 0 Å². The number of pyridine rings is 1. The van der Waals surface area contributed by atoms with Crippen LogP contribution in [-0.2, 0) is 16.4 Å². The average Bonchev–Trinajstić information content (AvgIpc) is 3.70. The summed E-state index contributed by atoms with van der Waals surface area (Å²) in [6.07, 6.45) is 5.58. The van der Waals surface area contributed by atoms with Gasteiger partial charge in [-0.05, 0) is 80.1 Å². The number of rotatable bonds is 8. The first kappa shape index (κ1) is 26.5. The van der Waals surface area contributed by atoms with Crippen LogP contribution in [0.25, 0.3) is 21.3 Å². The van der Waals surface area contributed by atoms with Crippen molar-refractivity contribution in [3.8, 4) is 21.9 Å². The number of hydrogen-bond donors (Lipinski definition) is 2. The summed E-state index contributed by atoms with van der Waals surface area (Å²) in [4.78, 5) is 27.0. The maximum Gasteiger partial charge on any atom is 0.341 e. The Kier molecular flexibility index (Phi) is 6.68. The third-order valence-corrected chi connectivity index (χ3v) is 10.3. The Morgan fingerprint density at radius 2 is 1.82 bits per heavy atom. The number of methoxy groups -OCH3 is 2. The highest BCUT2D eigenvalue weighted by atomic mass is 32.2. The third kappa shape index (κ3) is 4.57. The highest BCUT2D eigenvalue weighted by molar-refractivity contribution is 7.89. The van der Waals surface area contributed by atoms with Gasteiger partial charge in [-0.3, -0.25) is 4.79 Å². The van der Waals surface area contributed by atoms with E-state index in [-0.39, 0.29) is 22.5 Å². The number of thiophene rings is 1. The second-order valence-electron chi connectivity index (χ2n) is 10.1. The van der Waals surface area contributed by atoms with Gasteiger partial charge in [-0.1, -0.05) is 0 Å². The topological polar surface area (TPSA) is 124 Å². The molecule has 0 amide bonds. The van der Waals surface area contributed by atoms with Gasteiger partial charge < -0.3 is 19.1 Å². The van der Waals surface area contributed by atoms with Gasteiger partial charge in [0.1, 0.15) is 11.3 Å². The van der Waals surface area contributed by atoms with Crippen LogP contribution >= 0.6 is 11.3 Å². The van der Waals surface area contributed by atoms with Crippen molar-refractivity contribution in [3.63, 3.8) is 0 Å². The van der Waals surface area contributed by atoms with Crippen molar-refractivity contribution in [1.82, 2.24) is 9.29 Å². The summed E-state index contributed by atoms with van der Waals surface area (Å²) in [5.74, 6) is -0.164. The quantitative estimate of drug-likeness (QED) is 0.296. The number of fused-ring (bicyclic) bond motifs is 2. The molecule has 2 heterocycles. The van der Waals surface area contributed by atoms with Gasteiger partial charge in [0.2, 0.25) is 15.5 Å². The van der Waals surface area contributed by atoms with E-state index < -0.39 is 21.4 Å². The molecule has 6 rings (SSSR count). The smallest absolute Gasteiger partial charge is 0.341 e. The van der Waals surface area contributed by atoms with Gasteiger partial charge in [-0.25, -0.2) is 17.9 Å². The van der Waals surface area contributed by atoms with E-state index in [9.17, 15) is 23.1 Å². The summed E-state index contributed by atoms with van der Waals surface area (Å²) < 4.78 is 42.2. The fourth-order valence-corrected chi connectivity index (χ4v) is 7.97. The summed E-state index contributed by atoms with van der Waals surface area (Å²) in [7, 11) is -0.684. The lowest BCUT2D eigenvalue weighted by molar-refractivity contribution is 0.0694. The molecule has 2 aliphatic rings. The molecule has 4 aromatic rings. The minimum atomic E-state index is -3.76. The van der Waals surface area contributed by atoms with Crippen molar-refractivity contribution in [3.05, 3.63) is 74.9 Å². The van der Waals surface area contributed by atoms with Gasteiger partial charge in [0.15, 0.2) is 5.75 Å². The van der Waals surface area contributed by atoms with Gasteiger partial charge in [0, 0.05) is 33.6 Å². The Morgan fingerprint density at radius 1 is 1.07 bits per heavy atom. The molecule has 0 saturated heterocycles. The van der Waals surface area contributed by atoms with Crippen LogP contribution in [0.15, 0.2) is 58.4 Å². The van der Waals surface area contributed by atoms with Gasteiger partial charge in [-0.2, -0.15) is 0 Å². The maximum absolute atomic E-state index is 13.2. The third-order valence-electron chi connectivity index (χ3n) is 7.57. The zero-order chi connectivity index (χ0) is 28.2. The molecule has 1 fully saturated rings. The van der Waals surface area contributed by atoms with Crippen molar-refractivity contribution in [2.75, 3.05) is 14.2 Å². The Morgan fingerprint density at radius 3 is 2.48 bits per heavy atom. The van der Waals surface area contributed by atoms with E-state index in [0.717, 1.165) is 46.6 Å². The van der Waals surface area contributed by atoms with Crippen LogP contribution in [0.3, 0.4) is 0 Å². The standard InChI is InChI=1S/C29H28N2O7S2/c1-37-17-8-10-18(11-9-17)40(35,36)30-23-4-3-5-24-21(23)14-25(39-24)19-12-13-20-26(28(19)38-2)31(16-6-7-16)15-22(27(20)32)29(33)34/h8-16,23,30H,3-7H2,1-2H3,(H,33,34). The maximum atomic E-state index is 13.2. The molecular formula is C29H28N2O7S2. The molecule has 1 atom stereocenters. The molecule has 0 aliphatic heterocycles. The lowest BCUT2D eigenvalue weighted by atomic mass is 9.94. The van der Waals surface area contributed by atoms with Crippen LogP contribution < -0.4 is 19.6 Å². The van der Waals surface area contributed by atoms with E-state index in [4.69, 9.17) is 9.47 Å². The van der Waals surface area contributed by atoms with E-state index in [2.05, 4.69) is 4.72 Å². The van der Waals surface area contributed by atoms with E-state index in [1.54, 1.807) is 42.7 Å². The number of aromatic carboxylic acids is 1. The Labute approximate surface area is 235 Å². The van der Waals surface area contributed by atoms with Crippen molar-refractivity contribution in [2.24, 2.45) is 0 Å². The lowest BCUT2D eigenvalue weighted by Gasteiger charge is -2.23. The highest BCUT2D eigenvalue weighted by Gasteiger charge is 2.31. The number of nitrogens with one attached hydrogen (secondary N) is 1. The zero-order valence-electron chi connectivity index (χ0n) is 22.0. The van der Waals surface area contributed by atoms with E-state index in [0.29, 0.717) is 28.8 Å². The van der Waals surface area contributed by atoms with Crippen molar-refractivity contribution in [1.29, 1.82) is 0 Å². The van der Waals surface area contributed by atoms with Gasteiger partial charge in [0.25, 0.3) is 0 Å². The summed E-state index contributed by atoms with van der Waals surface area (Å²) in [6.45, 7) is 0. The Balaban J connectivity index is 1.42. The molecule has 2 N–H and O–H groups in total. The van der Waals surface area contributed by atoms with Crippen molar-refractivity contribution < 1.29 is 27.8 Å². The number of sulfonamides is 1. The average molecular weight is 581 g/mol. The Bertz CT molecular complexity index is 1800. The number of nitrogens with zero attached hydrogens (tertiary/aromatic N) is 1. The highest BCUT2D eigenvalue weighted by Crippen LogP contribution is 2.46. The number of benzene rings is 2. The largest absolute Gasteiger partial charge is 0.497 e. The van der Waals surface area contributed by atoms with Gasteiger partial charge in [-0.15, -0.1) is 11.3 Å². The normalized spacial score (nSPS) is 17.0. The van der Waals surface area contributed by atoms with E-state index >= 15 is 0 Å². The van der Waals surface area contributed by atoms with Crippen LogP contribution in [0, 0.1) is 0 Å². The second kappa shape index (κ2) is 10.1. The van der Waals surface area contributed by atoms with E-state index in [1.165, 1.54) is 25.4 Å². The van der Waals surface area contributed by atoms with Crippen LogP contribution in [0.4, 0.5) is 0 Å². The number of aromatic nitrogens is 1. The second-order valence-corrected chi connectivity index (χ2v) is 12.9. The van der Waals surface area contributed by atoms with Crippen molar-refractivity contribution in [2.45, 2.75) is 49.1 Å². The zero-order valence-corrected chi connectivity index (χ0v) is 23.6. The summed E-state index contributed by atoms with van der Waals surface area (Å²) >= 11 is 1.59. The molecule has 2 aromatic carbocycles. The molecule has 11 heteroatoms. The number of aryl methyl sites for hydroxylation is 1. The number of carboxylic acids is 1. The molecule has 208 valence electrons. The molecule has 0 spiro atoms. The molecule has 2 aliphatic carbocycles. The SMILES string of the molecule is COc1ccc(S(=O)(=O)NC2CCCc3sc(-c4ccc5c(=O)c(C(=O)O)cn(C6CC6)c5c4OC)cc32)cc1. The van der Waals surface area contributed by atoms with Gasteiger partial charge >= 0.3 is 5.97 Å². The minimum Gasteiger partial charge on any atom is -0.497 e. The fraction of sp³-hybridized carbons (Fsp3) is 0.310. The van der Waals surface area contributed by atoms with Crippen LogP contribution in [0.5, 0.6) is 11.5 Å². The first-order valence-corrected chi connectivity index (χ1v) is 15.3. The number of ether oxygens (including phenoxy) is 2. The summed E-state index contributed by atoms with van der Waals surface area (Å²) in [5, 5.41) is 9.91. The summed E-state index contributed by atoms with van der Waals surface area (Å²) in [5.41, 5.74) is 1.51. The first-order valence-electron chi connectivity index (χ1n) is 13.0. The molecule has 0 bridgehead atoms. The molecule has 1 saturated carbocycles. The van der Waals surface area contributed by atoms with Crippen LogP contribution in [0.1, 0.15) is 58.6 Å². The number of carboxylic acid groups (broad SMARTS) is 1. The number of hydrogen-bond acceptors (Lipinski definition) is 7. The number of carbonyl (C=O) groups is 1. The molecule has 9 nitrogen and oxygen atoms in total. The molecule has 0 radical (unpaired) electrons. The Hall–Kier alpha value is -3.67. The predicted octanol–water partition coefficient (Wildman–Crippen LogP) is 5.14. The van der Waals surface area contributed by atoms with E-state index in [1.807, 2.05) is 10.6 Å². The molecule has 1 unspecified atom stereocenters. The van der Waals surface area contributed by atoms with Crippen LogP contribution in [-0.4, -0.2) is 38.3 Å². The van der Waals surface area contributed by atoms with Crippen molar-refractivity contribution >= 4 is 38.2 Å².